The van der Waals surface area contributed by atoms with Gasteiger partial charge in [0.05, 0.1) is 12.7 Å². The number of rotatable bonds is 8. The van der Waals surface area contributed by atoms with Gasteiger partial charge >= 0.3 is 8.80 Å². The Morgan fingerprint density at radius 3 is 2.47 bits per heavy atom. The Labute approximate surface area is 91.7 Å². The molecule has 90 valence electrons. The molecule has 1 aliphatic heterocycles. The average molecular weight is 236 g/mol. The maximum absolute atomic E-state index is 9.66. The minimum absolute atomic E-state index is 0.141. The summed E-state index contributed by atoms with van der Waals surface area (Å²) < 4.78 is 21.1. The van der Waals surface area contributed by atoms with Crippen LogP contribution >= 0.6 is 0 Å². The fourth-order valence-corrected chi connectivity index (χ4v) is 3.44. The fourth-order valence-electron chi connectivity index (χ4n) is 1.43. The second-order valence-electron chi connectivity index (χ2n) is 3.60. The molecule has 1 heterocycles. The number of ether oxygens (including phenoxy) is 1. The smallest absolute Gasteiger partial charge is 0.377 e. The van der Waals surface area contributed by atoms with Gasteiger partial charge in [-0.2, -0.15) is 0 Å². The summed E-state index contributed by atoms with van der Waals surface area (Å²) in [7, 11) is 0.471. The maximum Gasteiger partial charge on any atom is 0.502 e. The summed E-state index contributed by atoms with van der Waals surface area (Å²) in [6.07, 6.45) is 0.684. The standard InChI is InChI=1S/C9H20O5Si/c1-4-5-15(11-2,12-3)14-9(10)6-8-7-13-8/h8-10H,4-7H2,1-3H3. The van der Waals surface area contributed by atoms with E-state index in [1.807, 2.05) is 6.92 Å². The van der Waals surface area contributed by atoms with Crippen LogP contribution in [0.25, 0.3) is 0 Å². The molecule has 0 aromatic rings. The molecule has 2 atom stereocenters. The Bertz CT molecular complexity index is 181. The van der Waals surface area contributed by atoms with Crippen molar-refractivity contribution in [3.8, 4) is 0 Å². The van der Waals surface area contributed by atoms with Crippen molar-refractivity contribution in [3.05, 3.63) is 0 Å². The van der Waals surface area contributed by atoms with Crippen molar-refractivity contribution >= 4 is 8.80 Å². The molecule has 0 amide bonds. The summed E-state index contributed by atoms with van der Waals surface area (Å²) in [5, 5.41) is 9.66. The number of epoxide rings is 1. The largest absolute Gasteiger partial charge is 0.502 e. The first-order valence-corrected chi connectivity index (χ1v) is 7.16. The van der Waals surface area contributed by atoms with E-state index in [0.29, 0.717) is 19.1 Å². The lowest BCUT2D eigenvalue weighted by Gasteiger charge is -2.28. The zero-order valence-corrected chi connectivity index (χ0v) is 10.6. The van der Waals surface area contributed by atoms with E-state index >= 15 is 0 Å². The van der Waals surface area contributed by atoms with Crippen LogP contribution in [0.4, 0.5) is 0 Å². The molecule has 1 rings (SSSR count). The summed E-state index contributed by atoms with van der Waals surface area (Å²) >= 11 is 0. The van der Waals surface area contributed by atoms with Gasteiger partial charge in [-0.1, -0.05) is 13.3 Å². The molecule has 2 unspecified atom stereocenters. The first-order chi connectivity index (χ1) is 7.15. The second kappa shape index (κ2) is 5.93. The molecule has 0 bridgehead atoms. The molecule has 0 radical (unpaired) electrons. The van der Waals surface area contributed by atoms with Crippen LogP contribution in [0, 0.1) is 0 Å². The van der Waals surface area contributed by atoms with Gasteiger partial charge in [0.1, 0.15) is 0 Å². The van der Waals surface area contributed by atoms with Gasteiger partial charge in [0.2, 0.25) is 0 Å². The SMILES string of the molecule is CCC[Si](OC)(OC)OC(O)CC1CO1. The highest BCUT2D eigenvalue weighted by Crippen LogP contribution is 2.22. The van der Waals surface area contributed by atoms with Crippen LogP contribution in [-0.2, 0) is 18.0 Å². The minimum Gasteiger partial charge on any atom is -0.377 e. The molecule has 1 saturated heterocycles. The molecule has 0 saturated carbocycles. The predicted molar refractivity (Wildman–Crippen MR) is 56.3 cm³/mol. The van der Waals surface area contributed by atoms with Gasteiger partial charge in [-0.05, 0) is 0 Å². The van der Waals surface area contributed by atoms with E-state index in [1.165, 1.54) is 0 Å². The second-order valence-corrected chi connectivity index (χ2v) is 6.52. The van der Waals surface area contributed by atoms with Gasteiger partial charge < -0.3 is 23.1 Å². The maximum atomic E-state index is 9.66. The number of hydrogen-bond donors (Lipinski definition) is 1. The molecule has 5 nitrogen and oxygen atoms in total. The van der Waals surface area contributed by atoms with Crippen LogP contribution < -0.4 is 0 Å². The van der Waals surface area contributed by atoms with Crippen LogP contribution in [0.3, 0.4) is 0 Å². The average Bonchev–Trinajstić information content (AvgIpc) is 3.01. The third kappa shape index (κ3) is 4.18. The van der Waals surface area contributed by atoms with Crippen molar-refractivity contribution in [2.24, 2.45) is 0 Å². The van der Waals surface area contributed by atoms with Gasteiger partial charge in [0, 0.05) is 26.7 Å². The fraction of sp³-hybridized carbons (Fsp3) is 1.00. The Balaban J connectivity index is 2.39. The van der Waals surface area contributed by atoms with Crippen LogP contribution in [0.5, 0.6) is 0 Å². The highest BCUT2D eigenvalue weighted by molar-refractivity contribution is 6.60. The topological polar surface area (TPSA) is 60.5 Å². The first kappa shape index (κ1) is 13.1. The van der Waals surface area contributed by atoms with Crippen molar-refractivity contribution in [2.45, 2.75) is 38.2 Å². The molecule has 0 aliphatic carbocycles. The number of hydrogen-bond acceptors (Lipinski definition) is 5. The van der Waals surface area contributed by atoms with E-state index in [-0.39, 0.29) is 6.10 Å². The molecule has 15 heavy (non-hydrogen) atoms. The summed E-state index contributed by atoms with van der Waals surface area (Å²) in [6, 6.07) is 0.711. The van der Waals surface area contributed by atoms with Crippen LogP contribution in [0.1, 0.15) is 19.8 Å². The summed E-state index contributed by atoms with van der Waals surface area (Å²) in [5.74, 6) is 0. The van der Waals surface area contributed by atoms with Crippen LogP contribution in [-0.4, -0.2) is 47.1 Å². The van der Waals surface area contributed by atoms with Crippen molar-refractivity contribution in [1.29, 1.82) is 0 Å². The van der Waals surface area contributed by atoms with E-state index in [2.05, 4.69) is 0 Å². The lowest BCUT2D eigenvalue weighted by Crippen LogP contribution is -2.46. The number of aliphatic hydroxyl groups excluding tert-OH is 1. The van der Waals surface area contributed by atoms with E-state index in [9.17, 15) is 5.11 Å². The number of aliphatic hydroxyl groups is 1. The molecular formula is C9H20O5Si. The monoisotopic (exact) mass is 236 g/mol. The quantitative estimate of drug-likeness (QED) is 0.383. The molecular weight excluding hydrogens is 216 g/mol. The van der Waals surface area contributed by atoms with Crippen molar-refractivity contribution in [2.75, 3.05) is 20.8 Å². The lowest BCUT2D eigenvalue weighted by atomic mass is 10.3. The van der Waals surface area contributed by atoms with Crippen molar-refractivity contribution < 1.29 is 23.1 Å². The molecule has 1 N–H and O–H groups in total. The molecule has 1 aliphatic rings. The normalized spacial score (nSPS) is 22.8. The van der Waals surface area contributed by atoms with Gasteiger partial charge in [-0.25, -0.2) is 0 Å². The summed E-state index contributed by atoms with van der Waals surface area (Å²) in [5.41, 5.74) is 0. The Hall–Kier alpha value is 0.0169. The molecule has 0 spiro atoms. The summed E-state index contributed by atoms with van der Waals surface area (Å²) in [6.45, 7) is 2.74. The zero-order chi connectivity index (χ0) is 11.3. The predicted octanol–water partition coefficient (Wildman–Crippen LogP) is 0.752. The molecule has 0 aromatic heterocycles. The van der Waals surface area contributed by atoms with Crippen LogP contribution in [0.2, 0.25) is 6.04 Å². The summed E-state index contributed by atoms with van der Waals surface area (Å²) in [4.78, 5) is 0. The highest BCUT2D eigenvalue weighted by Gasteiger charge is 2.41. The Morgan fingerprint density at radius 1 is 1.47 bits per heavy atom. The highest BCUT2D eigenvalue weighted by atomic mass is 28.4. The minimum atomic E-state index is -2.65. The van der Waals surface area contributed by atoms with Gasteiger partial charge in [0.15, 0.2) is 6.29 Å². The Kier molecular flexibility index (Phi) is 5.17. The van der Waals surface area contributed by atoms with E-state index in [0.717, 1.165) is 6.42 Å². The van der Waals surface area contributed by atoms with E-state index in [4.69, 9.17) is 18.0 Å². The molecule has 1 fully saturated rings. The Morgan fingerprint density at radius 2 is 2.07 bits per heavy atom. The molecule has 0 aromatic carbocycles. The van der Waals surface area contributed by atoms with E-state index in [1.54, 1.807) is 14.2 Å². The van der Waals surface area contributed by atoms with Crippen molar-refractivity contribution in [1.82, 2.24) is 0 Å². The van der Waals surface area contributed by atoms with Crippen LogP contribution in [0.15, 0.2) is 0 Å². The first-order valence-electron chi connectivity index (χ1n) is 5.23. The lowest BCUT2D eigenvalue weighted by molar-refractivity contribution is -0.0765. The molecule has 6 heteroatoms. The van der Waals surface area contributed by atoms with Gasteiger partial charge in [-0.3, -0.25) is 0 Å². The van der Waals surface area contributed by atoms with Crippen molar-refractivity contribution in [3.63, 3.8) is 0 Å². The van der Waals surface area contributed by atoms with Gasteiger partial charge in [-0.15, -0.1) is 0 Å². The van der Waals surface area contributed by atoms with Gasteiger partial charge in [0.25, 0.3) is 0 Å². The third-order valence-corrected chi connectivity index (χ3v) is 5.35. The van der Waals surface area contributed by atoms with E-state index < -0.39 is 15.1 Å². The zero-order valence-electron chi connectivity index (χ0n) is 9.56. The third-order valence-electron chi connectivity index (χ3n) is 2.36.